The third-order valence-corrected chi connectivity index (χ3v) is 2.08. The molecule has 0 heterocycles. The van der Waals surface area contributed by atoms with E-state index in [4.69, 9.17) is 0 Å². The highest BCUT2D eigenvalue weighted by molar-refractivity contribution is 6.54. The molecule has 82 valence electrons. The van der Waals surface area contributed by atoms with Gasteiger partial charge in [0, 0.05) is 21.1 Å². The Labute approximate surface area is 92.1 Å². The molecule has 1 aliphatic rings. The van der Waals surface area contributed by atoms with Gasteiger partial charge >= 0.3 is 0 Å². The molecule has 0 radical (unpaired) electrons. The maximum absolute atomic E-state index is 3.27. The highest BCUT2D eigenvalue weighted by Gasteiger charge is 2.06. The molecular formula is C13H26Si. The van der Waals surface area contributed by atoms with E-state index in [0.717, 1.165) is 12.3 Å². The fourth-order valence-electron chi connectivity index (χ4n) is 1.39. The molecule has 1 unspecified atom stereocenters. The summed E-state index contributed by atoms with van der Waals surface area (Å²) in [6.07, 6.45) is 7.91. The lowest BCUT2D eigenvalue weighted by Gasteiger charge is -2.03. The fourth-order valence-corrected chi connectivity index (χ4v) is 1.39. The summed E-state index contributed by atoms with van der Waals surface area (Å²) in [5.41, 5.74) is 0. The standard InChI is InChI=1S/C10H16.C3H10Si/c1-2-3-4-7-10-8-5-6-9-10;1-4(2)3/h10H,2-5,7-8H2,1H3;4H,1-3H3. The molecule has 1 aliphatic carbocycles. The Balaban J connectivity index is 0.000000364. The summed E-state index contributed by atoms with van der Waals surface area (Å²) in [5, 5.41) is 0. The summed E-state index contributed by atoms with van der Waals surface area (Å²) in [7, 11) is -0.139. The normalized spacial score (nSPS) is 18.5. The van der Waals surface area contributed by atoms with Gasteiger partial charge in [-0.2, -0.15) is 0 Å². The van der Waals surface area contributed by atoms with E-state index in [1.54, 1.807) is 0 Å². The second-order valence-electron chi connectivity index (χ2n) is 4.78. The molecule has 0 aromatic rings. The van der Waals surface area contributed by atoms with E-state index in [1.807, 2.05) is 0 Å². The molecule has 0 aromatic carbocycles. The third-order valence-electron chi connectivity index (χ3n) is 2.08. The molecule has 0 spiro atoms. The molecule has 0 aromatic heterocycles. The van der Waals surface area contributed by atoms with E-state index in [0.29, 0.717) is 0 Å². The van der Waals surface area contributed by atoms with Gasteiger partial charge < -0.3 is 0 Å². The number of hydrogen-bond donors (Lipinski definition) is 0. The quantitative estimate of drug-likeness (QED) is 0.372. The average Bonchev–Trinajstić information content (AvgIpc) is 2.56. The number of hydrogen-bond acceptors (Lipinski definition) is 0. The number of unbranched alkanes of at least 4 members (excludes halogenated alkanes) is 2. The SMILES string of the molecule is CCCCCC1C#CCC1.C[SiH](C)C. The number of rotatable bonds is 4. The predicted molar refractivity (Wildman–Crippen MR) is 69.4 cm³/mol. The highest BCUT2D eigenvalue weighted by atomic mass is 28.3. The van der Waals surface area contributed by atoms with Crippen molar-refractivity contribution < 1.29 is 0 Å². The summed E-state index contributed by atoms with van der Waals surface area (Å²) in [6, 6.07) is 0. The van der Waals surface area contributed by atoms with Gasteiger partial charge in [0.25, 0.3) is 0 Å². The Morgan fingerprint density at radius 3 is 2.29 bits per heavy atom. The first-order valence-electron chi connectivity index (χ1n) is 6.15. The van der Waals surface area contributed by atoms with Crippen molar-refractivity contribution in [3.63, 3.8) is 0 Å². The Morgan fingerprint density at radius 1 is 1.21 bits per heavy atom. The van der Waals surface area contributed by atoms with Gasteiger partial charge in [0.2, 0.25) is 0 Å². The molecule has 1 atom stereocenters. The molecule has 14 heavy (non-hydrogen) atoms. The lowest BCUT2D eigenvalue weighted by atomic mass is 10.0. The van der Waals surface area contributed by atoms with Crippen LogP contribution in [0.25, 0.3) is 0 Å². The van der Waals surface area contributed by atoms with Gasteiger partial charge in [-0.25, -0.2) is 0 Å². The minimum absolute atomic E-state index is 0.139. The van der Waals surface area contributed by atoms with Crippen LogP contribution in [0.1, 0.15) is 45.4 Å². The van der Waals surface area contributed by atoms with Crippen molar-refractivity contribution in [2.45, 2.75) is 65.1 Å². The van der Waals surface area contributed by atoms with Crippen LogP contribution in [0.2, 0.25) is 19.6 Å². The molecule has 1 heteroatoms. The molecule has 0 fully saturated rings. The van der Waals surface area contributed by atoms with Crippen LogP contribution in [0.3, 0.4) is 0 Å². The van der Waals surface area contributed by atoms with Crippen molar-refractivity contribution in [3.8, 4) is 11.8 Å². The van der Waals surface area contributed by atoms with Gasteiger partial charge in [-0.3, -0.25) is 0 Å². The summed E-state index contributed by atoms with van der Waals surface area (Å²) in [5.74, 6) is 7.17. The van der Waals surface area contributed by atoms with Crippen molar-refractivity contribution in [1.29, 1.82) is 0 Å². The van der Waals surface area contributed by atoms with Crippen molar-refractivity contribution in [2.24, 2.45) is 5.92 Å². The first-order chi connectivity index (χ1) is 6.66. The van der Waals surface area contributed by atoms with E-state index in [9.17, 15) is 0 Å². The van der Waals surface area contributed by atoms with E-state index in [-0.39, 0.29) is 8.80 Å². The van der Waals surface area contributed by atoms with Crippen LogP contribution >= 0.6 is 0 Å². The first-order valence-corrected chi connectivity index (χ1v) is 9.61. The van der Waals surface area contributed by atoms with Crippen LogP contribution in [0.5, 0.6) is 0 Å². The topological polar surface area (TPSA) is 0 Å². The van der Waals surface area contributed by atoms with Gasteiger partial charge in [-0.1, -0.05) is 51.7 Å². The molecule has 0 bridgehead atoms. The summed E-state index contributed by atoms with van der Waals surface area (Å²) in [4.78, 5) is 0. The van der Waals surface area contributed by atoms with Crippen LogP contribution in [-0.4, -0.2) is 8.80 Å². The second kappa shape index (κ2) is 9.34. The molecule has 0 nitrogen and oxygen atoms in total. The smallest absolute Gasteiger partial charge is 0.0274 e. The van der Waals surface area contributed by atoms with Gasteiger partial charge in [0.05, 0.1) is 0 Å². The van der Waals surface area contributed by atoms with Crippen LogP contribution in [0.4, 0.5) is 0 Å². The lowest BCUT2D eigenvalue weighted by Crippen LogP contribution is -1.91. The van der Waals surface area contributed by atoms with Crippen LogP contribution < -0.4 is 0 Å². The minimum atomic E-state index is -0.139. The second-order valence-corrected chi connectivity index (χ2v) is 8.25. The molecule has 0 amide bonds. The maximum Gasteiger partial charge on any atom is 0.0274 e. The molecule has 0 saturated carbocycles. The van der Waals surface area contributed by atoms with Crippen molar-refractivity contribution in [1.82, 2.24) is 0 Å². The van der Waals surface area contributed by atoms with Gasteiger partial charge in [0.1, 0.15) is 0 Å². The van der Waals surface area contributed by atoms with Crippen molar-refractivity contribution in [2.75, 3.05) is 0 Å². The van der Waals surface area contributed by atoms with E-state index >= 15 is 0 Å². The van der Waals surface area contributed by atoms with Crippen molar-refractivity contribution >= 4 is 8.80 Å². The monoisotopic (exact) mass is 210 g/mol. The maximum atomic E-state index is 3.27. The highest BCUT2D eigenvalue weighted by Crippen LogP contribution is 2.17. The zero-order chi connectivity index (χ0) is 10.8. The van der Waals surface area contributed by atoms with E-state index in [2.05, 4.69) is 38.4 Å². The van der Waals surface area contributed by atoms with Crippen molar-refractivity contribution in [3.05, 3.63) is 0 Å². The zero-order valence-corrected chi connectivity index (χ0v) is 11.6. The van der Waals surface area contributed by atoms with Gasteiger partial charge in [-0.05, 0) is 12.8 Å². The summed E-state index contributed by atoms with van der Waals surface area (Å²) in [6.45, 7) is 9.17. The molecule has 0 saturated heterocycles. The van der Waals surface area contributed by atoms with Crippen LogP contribution in [-0.2, 0) is 0 Å². The Morgan fingerprint density at radius 2 is 1.86 bits per heavy atom. The fraction of sp³-hybridized carbons (Fsp3) is 0.846. The van der Waals surface area contributed by atoms with Crippen LogP contribution in [0, 0.1) is 17.8 Å². The predicted octanol–water partition coefficient (Wildman–Crippen LogP) is 4.08. The molecule has 0 N–H and O–H groups in total. The summed E-state index contributed by atoms with van der Waals surface area (Å²) < 4.78 is 0. The molecule has 1 rings (SSSR count). The molecule has 0 aliphatic heterocycles. The van der Waals surface area contributed by atoms with Gasteiger partial charge in [-0.15, -0.1) is 5.92 Å². The zero-order valence-electron chi connectivity index (χ0n) is 10.4. The summed E-state index contributed by atoms with van der Waals surface area (Å²) >= 11 is 0. The first kappa shape index (κ1) is 13.8. The lowest BCUT2D eigenvalue weighted by molar-refractivity contribution is 0.540. The Hall–Kier alpha value is -0.223. The Kier molecular flexibility index (Phi) is 9.19. The van der Waals surface area contributed by atoms with E-state index in [1.165, 1.54) is 32.1 Å². The largest absolute Gasteiger partial charge is 0.103 e. The molecular weight excluding hydrogens is 184 g/mol. The Bertz CT molecular complexity index is 171. The van der Waals surface area contributed by atoms with E-state index < -0.39 is 0 Å². The minimum Gasteiger partial charge on any atom is -0.103 e. The van der Waals surface area contributed by atoms with Gasteiger partial charge in [0.15, 0.2) is 0 Å². The van der Waals surface area contributed by atoms with Crippen LogP contribution in [0.15, 0.2) is 0 Å². The third kappa shape index (κ3) is 9.86. The average molecular weight is 210 g/mol.